The average molecular weight is 567 g/mol. The van der Waals surface area contributed by atoms with Crippen molar-refractivity contribution in [3.05, 3.63) is 29.6 Å². The maximum Gasteiger partial charge on any atom is 0.573 e. The van der Waals surface area contributed by atoms with Gasteiger partial charge in [-0.25, -0.2) is 14.0 Å². The highest BCUT2D eigenvalue weighted by Crippen LogP contribution is 2.33. The number of nitrogens with zero attached hydrogens (tertiary/aromatic N) is 2. The number of primary amides is 1. The first-order chi connectivity index (χ1) is 18.4. The number of ether oxygens (including phenoxy) is 1. The Morgan fingerprint density at radius 2 is 1.67 bits per heavy atom. The van der Waals surface area contributed by atoms with E-state index in [0.29, 0.717) is 18.9 Å². The fraction of sp³-hybridized carbons (Fsp3) is 0.654. The summed E-state index contributed by atoms with van der Waals surface area (Å²) < 4.78 is 54.6. The Morgan fingerprint density at radius 1 is 1.10 bits per heavy atom. The molecule has 0 radical (unpaired) electrons. The quantitative estimate of drug-likeness (QED) is 0.380. The molecular weight excluding hydrogens is 524 g/mol. The Bertz CT molecular complexity index is 891. The molecule has 0 spiro atoms. The van der Waals surface area contributed by atoms with Gasteiger partial charge >= 0.3 is 24.4 Å². The van der Waals surface area contributed by atoms with Gasteiger partial charge in [-0.1, -0.05) is 54.0 Å². The summed E-state index contributed by atoms with van der Waals surface area (Å²) in [7, 11) is 0. The SMILES string of the molecule is CC.CC.CCC.NC(=O)N1CC(C(=O)O)CC(N(C(=O)NCc2ccc(OC(F)(F)F)cc2F)C2CC2)C1. The van der Waals surface area contributed by atoms with Crippen LogP contribution >= 0.6 is 0 Å². The molecule has 1 aliphatic heterocycles. The van der Waals surface area contributed by atoms with Gasteiger partial charge in [0.05, 0.1) is 12.0 Å². The number of amides is 4. The number of nitrogens with two attached hydrogens (primary N) is 1. The van der Waals surface area contributed by atoms with Crippen molar-refractivity contribution in [2.45, 2.75) is 92.2 Å². The van der Waals surface area contributed by atoms with Crippen LogP contribution in [0.4, 0.5) is 27.2 Å². The van der Waals surface area contributed by atoms with E-state index in [2.05, 4.69) is 23.9 Å². The fourth-order valence-corrected chi connectivity index (χ4v) is 3.75. The molecule has 4 N–H and O–H groups in total. The van der Waals surface area contributed by atoms with Crippen LogP contribution in [-0.2, 0) is 11.3 Å². The van der Waals surface area contributed by atoms with Crippen molar-refractivity contribution in [3.8, 4) is 5.75 Å². The number of urea groups is 2. The summed E-state index contributed by atoms with van der Waals surface area (Å²) in [6, 6.07) is 0.417. The maximum absolute atomic E-state index is 14.1. The summed E-state index contributed by atoms with van der Waals surface area (Å²) in [6.45, 7) is 12.0. The zero-order valence-electron chi connectivity index (χ0n) is 23.5. The second-order valence-electron chi connectivity index (χ2n) is 8.47. The van der Waals surface area contributed by atoms with Crippen LogP contribution in [0.5, 0.6) is 5.75 Å². The lowest BCUT2D eigenvalue weighted by Gasteiger charge is -2.41. The molecule has 1 aromatic rings. The van der Waals surface area contributed by atoms with Crippen molar-refractivity contribution in [1.29, 1.82) is 0 Å². The number of alkyl halides is 3. The number of carbonyl (C=O) groups is 3. The molecule has 1 heterocycles. The van der Waals surface area contributed by atoms with Crippen molar-refractivity contribution in [2.75, 3.05) is 13.1 Å². The Hall–Kier alpha value is -3.25. The zero-order valence-corrected chi connectivity index (χ0v) is 23.5. The van der Waals surface area contributed by atoms with Crippen molar-refractivity contribution in [1.82, 2.24) is 15.1 Å². The number of carbonyl (C=O) groups excluding carboxylic acids is 2. The third-order valence-electron chi connectivity index (χ3n) is 5.35. The summed E-state index contributed by atoms with van der Waals surface area (Å²) in [5.74, 6) is -3.72. The lowest BCUT2D eigenvalue weighted by atomic mass is 9.93. The van der Waals surface area contributed by atoms with Crippen molar-refractivity contribution >= 4 is 18.0 Å². The molecule has 1 saturated carbocycles. The Balaban J connectivity index is 0.00000189. The number of carboxylic acids is 1. The van der Waals surface area contributed by atoms with Gasteiger partial charge in [-0.2, -0.15) is 0 Å². The largest absolute Gasteiger partial charge is 0.573 e. The number of carboxylic acid groups (broad SMARTS) is 1. The van der Waals surface area contributed by atoms with Gasteiger partial charge in [0.25, 0.3) is 0 Å². The van der Waals surface area contributed by atoms with E-state index < -0.39 is 47.9 Å². The molecular formula is C26H42F4N4O5. The number of hydrogen-bond acceptors (Lipinski definition) is 4. The number of aliphatic carboxylic acids is 1. The van der Waals surface area contributed by atoms with Crippen molar-refractivity contribution < 1.29 is 41.8 Å². The molecule has 0 bridgehead atoms. The van der Waals surface area contributed by atoms with Gasteiger partial charge in [0.15, 0.2) is 0 Å². The minimum absolute atomic E-state index is 0.0567. The normalized spacial score (nSPS) is 18.1. The van der Waals surface area contributed by atoms with Crippen LogP contribution < -0.4 is 15.8 Å². The number of likely N-dealkylation sites (tertiary alicyclic amines) is 1. The molecule has 224 valence electrons. The predicted molar refractivity (Wildman–Crippen MR) is 140 cm³/mol. The van der Waals surface area contributed by atoms with E-state index in [1.165, 1.54) is 16.2 Å². The van der Waals surface area contributed by atoms with Gasteiger partial charge in [-0.15, -0.1) is 13.2 Å². The molecule has 13 heteroatoms. The molecule has 1 aliphatic carbocycles. The molecule has 1 saturated heterocycles. The van der Waals surface area contributed by atoms with Crippen LogP contribution in [0.15, 0.2) is 18.2 Å². The Labute approximate surface area is 227 Å². The number of rotatable bonds is 6. The van der Waals surface area contributed by atoms with Crippen LogP contribution in [0, 0.1) is 11.7 Å². The van der Waals surface area contributed by atoms with E-state index in [9.17, 15) is 37.1 Å². The first kappa shape index (κ1) is 35.8. The van der Waals surface area contributed by atoms with Gasteiger partial charge in [0, 0.05) is 37.3 Å². The number of piperidine rings is 1. The van der Waals surface area contributed by atoms with Crippen molar-refractivity contribution in [3.63, 3.8) is 0 Å². The summed E-state index contributed by atoms with van der Waals surface area (Å²) >= 11 is 0. The van der Waals surface area contributed by atoms with E-state index >= 15 is 0 Å². The number of nitrogens with one attached hydrogen (secondary N) is 1. The number of halogens is 4. The molecule has 2 unspecified atom stereocenters. The summed E-state index contributed by atoms with van der Waals surface area (Å²) in [6.07, 6.45) is -2.20. The number of hydrogen-bond donors (Lipinski definition) is 3. The molecule has 2 aliphatic rings. The monoisotopic (exact) mass is 566 g/mol. The first-order valence-electron chi connectivity index (χ1n) is 13.2. The second-order valence-corrected chi connectivity index (χ2v) is 8.47. The van der Waals surface area contributed by atoms with Crippen molar-refractivity contribution in [2.24, 2.45) is 11.7 Å². The molecule has 1 aromatic carbocycles. The van der Waals surface area contributed by atoms with E-state index in [0.717, 1.165) is 12.1 Å². The van der Waals surface area contributed by atoms with Crippen LogP contribution in [0.1, 0.15) is 72.8 Å². The summed E-state index contributed by atoms with van der Waals surface area (Å²) in [5, 5.41) is 11.9. The minimum Gasteiger partial charge on any atom is -0.481 e. The molecule has 2 fully saturated rings. The van der Waals surface area contributed by atoms with Gasteiger partial charge in [0.2, 0.25) is 0 Å². The lowest BCUT2D eigenvalue weighted by molar-refractivity contribution is -0.274. The van der Waals surface area contributed by atoms with E-state index in [1.54, 1.807) is 0 Å². The minimum atomic E-state index is -4.96. The highest BCUT2D eigenvalue weighted by molar-refractivity contribution is 5.77. The van der Waals surface area contributed by atoms with Gasteiger partial charge < -0.3 is 30.7 Å². The van der Waals surface area contributed by atoms with Crippen LogP contribution in [0.25, 0.3) is 0 Å². The smallest absolute Gasteiger partial charge is 0.481 e. The molecule has 9 nitrogen and oxygen atoms in total. The number of benzene rings is 1. The van der Waals surface area contributed by atoms with Crippen LogP contribution in [0.2, 0.25) is 0 Å². The Kier molecular flexibility index (Phi) is 15.9. The lowest BCUT2D eigenvalue weighted by Crippen LogP contribution is -2.58. The molecule has 4 amide bonds. The standard InChI is InChI=1S/C19H22F4N4O5.C3H8.2C2H6/c20-15-6-14(32-19(21,22)23)4-1-10(15)7-25-18(31)27(12-2-3-12)13-5-11(16(28)29)8-26(9-13)17(24)30;1-3-2;2*1-2/h1,4,6,11-13H,2-3,5,7-9H2,(H2,24,30)(H,25,31)(H,28,29);3H2,1-2H3;2*1-2H3. The van der Waals surface area contributed by atoms with Gasteiger partial charge in [-0.05, 0) is 25.3 Å². The Morgan fingerprint density at radius 3 is 2.10 bits per heavy atom. The molecule has 39 heavy (non-hydrogen) atoms. The zero-order chi connectivity index (χ0) is 30.3. The molecule has 2 atom stereocenters. The maximum atomic E-state index is 14.1. The van der Waals surface area contributed by atoms with Crippen LogP contribution in [-0.4, -0.2) is 64.5 Å². The second kappa shape index (κ2) is 17.4. The highest BCUT2D eigenvalue weighted by atomic mass is 19.4. The van der Waals surface area contributed by atoms with E-state index in [1.807, 2.05) is 27.7 Å². The topological polar surface area (TPSA) is 125 Å². The van der Waals surface area contributed by atoms with E-state index in [-0.39, 0.29) is 37.7 Å². The predicted octanol–water partition coefficient (Wildman–Crippen LogP) is 5.72. The third-order valence-corrected chi connectivity index (χ3v) is 5.35. The highest BCUT2D eigenvalue weighted by Gasteiger charge is 2.43. The average Bonchev–Trinajstić information content (AvgIpc) is 3.70. The first-order valence-corrected chi connectivity index (χ1v) is 13.2. The van der Waals surface area contributed by atoms with Gasteiger partial charge in [0.1, 0.15) is 11.6 Å². The third kappa shape index (κ3) is 12.4. The summed E-state index contributed by atoms with van der Waals surface area (Å²) in [4.78, 5) is 38.6. The molecule has 0 aromatic heterocycles. The summed E-state index contributed by atoms with van der Waals surface area (Å²) in [5.41, 5.74) is 5.25. The van der Waals surface area contributed by atoms with Crippen LogP contribution in [0.3, 0.4) is 0 Å². The van der Waals surface area contributed by atoms with E-state index in [4.69, 9.17) is 5.73 Å². The fourth-order valence-electron chi connectivity index (χ4n) is 3.75. The van der Waals surface area contributed by atoms with Gasteiger partial charge in [-0.3, -0.25) is 4.79 Å². The molecule has 3 rings (SSSR count).